The molecule has 3 rings (SSSR count). The zero-order valence-corrected chi connectivity index (χ0v) is 33.7. The van der Waals surface area contributed by atoms with Crippen LogP contribution in [-0.4, -0.2) is 117 Å². The SMILES string of the molecule is CC(C)c1nc(CN(C)C(=O)N[C@H](C(=O)N[C@@H](Cc2ccccc2)[C@H](O)CN2CCN(C(=O)OC(C)(C)C)C[C@H]2C(=O)NC(C)(C)C)C(C)C)cs1. The number of rotatable bonds is 13. The second-order valence-corrected chi connectivity index (χ2v) is 17.3. The van der Waals surface area contributed by atoms with E-state index in [2.05, 4.69) is 34.8 Å². The van der Waals surface area contributed by atoms with E-state index in [-0.39, 0.29) is 24.9 Å². The molecular formula is C38H61N7O6S. The Morgan fingerprint density at radius 1 is 1.02 bits per heavy atom. The molecule has 0 unspecified atom stereocenters. The van der Waals surface area contributed by atoms with Crippen molar-refractivity contribution in [2.24, 2.45) is 5.92 Å². The van der Waals surface area contributed by atoms with Crippen LogP contribution < -0.4 is 16.0 Å². The minimum Gasteiger partial charge on any atom is -0.444 e. The van der Waals surface area contributed by atoms with Crippen molar-refractivity contribution < 1.29 is 29.0 Å². The highest BCUT2D eigenvalue weighted by molar-refractivity contribution is 7.09. The Kier molecular flexibility index (Phi) is 15.0. The van der Waals surface area contributed by atoms with Crippen LogP contribution in [0.4, 0.5) is 9.59 Å². The molecule has 14 heteroatoms. The quantitative estimate of drug-likeness (QED) is 0.236. The molecule has 0 radical (unpaired) electrons. The third-order valence-electron chi connectivity index (χ3n) is 8.49. The predicted octanol–water partition coefficient (Wildman–Crippen LogP) is 4.36. The number of carbonyl (C=O) groups excluding carboxylic acids is 4. The molecular weight excluding hydrogens is 683 g/mol. The number of amides is 5. The number of aromatic nitrogens is 1. The number of aliphatic hydroxyl groups is 1. The highest BCUT2D eigenvalue weighted by Crippen LogP contribution is 2.21. The number of β-amino-alcohol motifs (C(OH)–C–C–N with tert-alkyl or cyclic N) is 1. The van der Waals surface area contributed by atoms with Crippen LogP contribution in [0.3, 0.4) is 0 Å². The van der Waals surface area contributed by atoms with Gasteiger partial charge in [-0.2, -0.15) is 0 Å². The Bertz CT molecular complexity index is 1490. The van der Waals surface area contributed by atoms with E-state index in [9.17, 15) is 24.3 Å². The molecule has 1 aliphatic rings. The summed E-state index contributed by atoms with van der Waals surface area (Å²) in [6.45, 7) is 19.9. The van der Waals surface area contributed by atoms with Crippen molar-refractivity contribution in [3.05, 3.63) is 52.0 Å². The maximum absolute atomic E-state index is 13.9. The molecule has 1 aromatic heterocycles. The highest BCUT2D eigenvalue weighted by atomic mass is 32.1. The van der Waals surface area contributed by atoms with Gasteiger partial charge in [0, 0.05) is 50.1 Å². The monoisotopic (exact) mass is 743 g/mol. The zero-order chi connectivity index (χ0) is 39.0. The summed E-state index contributed by atoms with van der Waals surface area (Å²) in [7, 11) is 1.66. The van der Waals surface area contributed by atoms with Gasteiger partial charge in [-0.25, -0.2) is 14.6 Å². The van der Waals surface area contributed by atoms with Crippen molar-refractivity contribution in [2.75, 3.05) is 33.2 Å². The molecule has 2 aromatic rings. The smallest absolute Gasteiger partial charge is 0.410 e. The number of thiazole rings is 1. The van der Waals surface area contributed by atoms with Crippen LogP contribution in [-0.2, 0) is 27.3 Å². The molecule has 1 aliphatic heterocycles. The molecule has 13 nitrogen and oxygen atoms in total. The summed E-state index contributed by atoms with van der Waals surface area (Å²) < 4.78 is 5.60. The van der Waals surface area contributed by atoms with Gasteiger partial charge in [0.25, 0.3) is 0 Å². The lowest BCUT2D eigenvalue weighted by molar-refractivity contribution is -0.132. The Morgan fingerprint density at radius 3 is 2.23 bits per heavy atom. The molecule has 0 bridgehead atoms. The molecule has 1 aromatic carbocycles. The minimum atomic E-state index is -1.10. The van der Waals surface area contributed by atoms with Crippen molar-refractivity contribution in [2.45, 2.75) is 123 Å². The summed E-state index contributed by atoms with van der Waals surface area (Å²) in [4.78, 5) is 63.4. The molecule has 4 N–H and O–H groups in total. The van der Waals surface area contributed by atoms with Crippen molar-refractivity contribution in [3.63, 3.8) is 0 Å². The van der Waals surface area contributed by atoms with Gasteiger partial charge in [-0.15, -0.1) is 11.3 Å². The first kappa shape index (κ1) is 42.7. The number of piperazine rings is 1. The molecule has 4 atom stereocenters. The Hall–Kier alpha value is -3.75. The van der Waals surface area contributed by atoms with Gasteiger partial charge in [-0.3, -0.25) is 14.5 Å². The van der Waals surface area contributed by atoms with E-state index in [1.54, 1.807) is 39.2 Å². The van der Waals surface area contributed by atoms with Crippen LogP contribution in [0.5, 0.6) is 0 Å². The predicted molar refractivity (Wildman–Crippen MR) is 204 cm³/mol. The molecule has 5 amide bonds. The van der Waals surface area contributed by atoms with Crippen LogP contribution in [0.25, 0.3) is 0 Å². The zero-order valence-electron chi connectivity index (χ0n) is 32.9. The van der Waals surface area contributed by atoms with E-state index < -0.39 is 53.4 Å². The van der Waals surface area contributed by atoms with Crippen LogP contribution in [0, 0.1) is 5.92 Å². The van der Waals surface area contributed by atoms with Gasteiger partial charge in [-0.05, 0) is 59.4 Å². The van der Waals surface area contributed by atoms with E-state index in [4.69, 9.17) is 4.74 Å². The lowest BCUT2D eigenvalue weighted by Gasteiger charge is -2.43. The average Bonchev–Trinajstić information content (AvgIpc) is 3.50. The molecule has 0 spiro atoms. The van der Waals surface area contributed by atoms with E-state index in [1.165, 1.54) is 9.80 Å². The van der Waals surface area contributed by atoms with Gasteiger partial charge in [0.1, 0.15) is 17.7 Å². The molecule has 0 aliphatic carbocycles. The van der Waals surface area contributed by atoms with E-state index in [0.29, 0.717) is 32.0 Å². The molecule has 1 saturated heterocycles. The van der Waals surface area contributed by atoms with E-state index >= 15 is 0 Å². The van der Waals surface area contributed by atoms with Crippen LogP contribution in [0.1, 0.15) is 91.4 Å². The van der Waals surface area contributed by atoms with Gasteiger partial charge >= 0.3 is 12.1 Å². The summed E-state index contributed by atoms with van der Waals surface area (Å²) in [5, 5.41) is 23.7. The molecule has 52 heavy (non-hydrogen) atoms. The molecule has 0 saturated carbocycles. The van der Waals surface area contributed by atoms with Gasteiger partial charge in [-0.1, -0.05) is 58.0 Å². The van der Waals surface area contributed by atoms with Crippen LogP contribution in [0.15, 0.2) is 35.7 Å². The number of carbonyl (C=O) groups is 4. The second kappa shape index (κ2) is 18.3. The third kappa shape index (κ3) is 13.3. The standard InChI is InChI=1S/C38H61N7O6S/c1-24(2)31(41-35(49)43(11)20-27-23-52-34(39-27)25(3)4)33(48)40-28(19-26-15-13-12-14-16-26)30(46)22-44-17-18-45(36(50)51-38(8,9)10)21-29(44)32(47)42-37(5,6)7/h12-16,23-25,28-31,46H,17-22H2,1-11H3,(H,40,48)(H,41,49)(H,42,47)/t28-,29-,30+,31-/m0/s1. The highest BCUT2D eigenvalue weighted by Gasteiger charge is 2.39. The second-order valence-electron chi connectivity index (χ2n) is 16.4. The van der Waals surface area contributed by atoms with E-state index in [1.807, 2.05) is 75.2 Å². The number of hydrogen-bond donors (Lipinski definition) is 4. The topological polar surface area (TPSA) is 156 Å². The number of ether oxygens (including phenoxy) is 1. The van der Waals surface area contributed by atoms with Gasteiger partial charge in [0.15, 0.2) is 0 Å². The Labute approximate surface area is 313 Å². The van der Waals surface area contributed by atoms with Crippen LogP contribution in [0.2, 0.25) is 0 Å². The summed E-state index contributed by atoms with van der Waals surface area (Å²) in [5.41, 5.74) is 0.459. The van der Waals surface area contributed by atoms with Crippen molar-refractivity contribution in [1.29, 1.82) is 0 Å². The number of nitrogens with one attached hydrogen (secondary N) is 3. The first-order valence-corrected chi connectivity index (χ1v) is 19.0. The summed E-state index contributed by atoms with van der Waals surface area (Å²) in [6, 6.07) is 6.70. The number of urea groups is 1. The van der Waals surface area contributed by atoms with E-state index in [0.717, 1.165) is 16.3 Å². The fourth-order valence-electron chi connectivity index (χ4n) is 5.78. The van der Waals surface area contributed by atoms with Crippen molar-refractivity contribution in [3.8, 4) is 0 Å². The van der Waals surface area contributed by atoms with Gasteiger partial charge in [0.05, 0.1) is 29.4 Å². The molecule has 290 valence electrons. The number of hydrogen-bond acceptors (Lipinski definition) is 9. The summed E-state index contributed by atoms with van der Waals surface area (Å²) in [6.07, 6.45) is -1.30. The maximum atomic E-state index is 13.9. The maximum Gasteiger partial charge on any atom is 0.410 e. The van der Waals surface area contributed by atoms with Gasteiger partial charge in [0.2, 0.25) is 11.8 Å². The number of benzene rings is 1. The first-order chi connectivity index (χ1) is 24.1. The Morgan fingerprint density at radius 2 is 1.67 bits per heavy atom. The normalized spacial score (nSPS) is 17.3. The molecule has 2 heterocycles. The first-order valence-electron chi connectivity index (χ1n) is 18.2. The summed E-state index contributed by atoms with van der Waals surface area (Å²) >= 11 is 1.56. The fourth-order valence-corrected chi connectivity index (χ4v) is 6.60. The number of aliphatic hydroxyl groups excluding tert-OH is 1. The van der Waals surface area contributed by atoms with Crippen LogP contribution >= 0.6 is 11.3 Å². The van der Waals surface area contributed by atoms with Gasteiger partial charge < -0.3 is 35.6 Å². The average molecular weight is 744 g/mol. The lowest BCUT2D eigenvalue weighted by atomic mass is 9.97. The third-order valence-corrected chi connectivity index (χ3v) is 9.69. The Balaban J connectivity index is 1.80. The number of nitrogens with zero attached hydrogens (tertiary/aromatic N) is 4. The fraction of sp³-hybridized carbons (Fsp3) is 0.658. The lowest BCUT2D eigenvalue weighted by Crippen LogP contribution is -2.64. The summed E-state index contributed by atoms with van der Waals surface area (Å²) in [5.74, 6) is -0.671. The minimum absolute atomic E-state index is 0.0512. The molecule has 1 fully saturated rings. The largest absolute Gasteiger partial charge is 0.444 e. The van der Waals surface area contributed by atoms with Crippen molar-refractivity contribution >= 4 is 35.3 Å². The van der Waals surface area contributed by atoms with Crippen molar-refractivity contribution in [1.82, 2.24) is 35.6 Å².